The van der Waals surface area contributed by atoms with Crippen LogP contribution in [-0.4, -0.2) is 42.6 Å². The molecule has 0 spiro atoms. The lowest BCUT2D eigenvalue weighted by Crippen LogP contribution is -2.49. The molecule has 0 aliphatic carbocycles. The number of nitrogens with one attached hydrogen (secondary N) is 1. The van der Waals surface area contributed by atoms with Crippen molar-refractivity contribution in [3.8, 4) is 0 Å². The number of halogens is 2. The smallest absolute Gasteiger partial charge is 0.407 e. The molecular weight excluding hydrogens is 294 g/mol. The van der Waals surface area contributed by atoms with E-state index in [4.69, 9.17) is 4.74 Å². The van der Waals surface area contributed by atoms with Gasteiger partial charge in [0.1, 0.15) is 11.6 Å². The molecule has 1 aromatic carbocycles. The summed E-state index contributed by atoms with van der Waals surface area (Å²) in [6, 6.07) is 2.51. The van der Waals surface area contributed by atoms with Crippen LogP contribution < -0.4 is 5.32 Å². The molecule has 0 aromatic heterocycles. The molecule has 120 valence electrons. The molecule has 2 amide bonds. The minimum Gasteiger partial charge on any atom is -0.450 e. The average molecular weight is 312 g/mol. The second kappa shape index (κ2) is 7.20. The molecule has 1 saturated heterocycles. The largest absolute Gasteiger partial charge is 0.450 e. The Morgan fingerprint density at radius 3 is 2.64 bits per heavy atom. The van der Waals surface area contributed by atoms with Crippen molar-refractivity contribution in [1.82, 2.24) is 10.2 Å². The molecule has 0 bridgehead atoms. The molecule has 0 radical (unpaired) electrons. The highest BCUT2D eigenvalue weighted by molar-refractivity contribution is 5.94. The summed E-state index contributed by atoms with van der Waals surface area (Å²) in [6.45, 7) is 2.74. The normalized spacial score (nSPS) is 18.0. The lowest BCUT2D eigenvalue weighted by molar-refractivity contribution is 0.0685. The third kappa shape index (κ3) is 4.16. The van der Waals surface area contributed by atoms with Crippen LogP contribution in [0, 0.1) is 11.6 Å². The molecule has 0 unspecified atom stereocenters. The lowest BCUT2D eigenvalue weighted by Gasteiger charge is -2.33. The van der Waals surface area contributed by atoms with E-state index in [9.17, 15) is 18.4 Å². The summed E-state index contributed by atoms with van der Waals surface area (Å²) in [5.41, 5.74) is -0.0331. The highest BCUT2D eigenvalue weighted by atomic mass is 19.1. The maximum atomic E-state index is 13.2. The van der Waals surface area contributed by atoms with Gasteiger partial charge in [-0.05, 0) is 31.9 Å². The van der Waals surface area contributed by atoms with Gasteiger partial charge in [-0.3, -0.25) is 4.79 Å². The zero-order valence-electron chi connectivity index (χ0n) is 12.3. The van der Waals surface area contributed by atoms with Gasteiger partial charge in [0.2, 0.25) is 0 Å². The van der Waals surface area contributed by atoms with Crippen LogP contribution in [0.2, 0.25) is 0 Å². The maximum Gasteiger partial charge on any atom is 0.407 e. The average Bonchev–Trinajstić information content (AvgIpc) is 2.46. The van der Waals surface area contributed by atoms with E-state index in [0.29, 0.717) is 13.0 Å². The third-order valence-corrected chi connectivity index (χ3v) is 3.42. The Labute approximate surface area is 127 Å². The number of alkyl carbamates (subject to hydrolysis) is 1. The minimum atomic E-state index is -0.790. The molecule has 5 nitrogen and oxygen atoms in total. The molecule has 1 heterocycles. The van der Waals surface area contributed by atoms with Crippen LogP contribution in [0.25, 0.3) is 0 Å². The molecule has 1 atom stereocenters. The van der Waals surface area contributed by atoms with Gasteiger partial charge in [-0.15, -0.1) is 0 Å². The number of ether oxygens (including phenoxy) is 1. The van der Waals surface area contributed by atoms with E-state index in [1.165, 1.54) is 4.90 Å². The fourth-order valence-electron chi connectivity index (χ4n) is 2.48. The van der Waals surface area contributed by atoms with Gasteiger partial charge in [-0.25, -0.2) is 13.6 Å². The van der Waals surface area contributed by atoms with Crippen molar-refractivity contribution in [1.29, 1.82) is 0 Å². The molecule has 22 heavy (non-hydrogen) atoms. The maximum absolute atomic E-state index is 13.2. The van der Waals surface area contributed by atoms with Crippen molar-refractivity contribution in [3.63, 3.8) is 0 Å². The van der Waals surface area contributed by atoms with E-state index in [1.54, 1.807) is 6.92 Å². The van der Waals surface area contributed by atoms with Gasteiger partial charge in [0.05, 0.1) is 6.61 Å². The van der Waals surface area contributed by atoms with Crippen molar-refractivity contribution in [2.75, 3.05) is 19.7 Å². The Balaban J connectivity index is 2.02. The summed E-state index contributed by atoms with van der Waals surface area (Å²) in [7, 11) is 0. The zero-order chi connectivity index (χ0) is 16.1. The first-order valence-electron chi connectivity index (χ1n) is 7.18. The molecule has 0 saturated carbocycles. The summed E-state index contributed by atoms with van der Waals surface area (Å²) in [4.78, 5) is 25.2. The molecule has 1 aromatic rings. The van der Waals surface area contributed by atoms with E-state index in [1.807, 2.05) is 0 Å². The van der Waals surface area contributed by atoms with Crippen LogP contribution in [-0.2, 0) is 4.74 Å². The number of amides is 2. The first-order chi connectivity index (χ1) is 10.5. The van der Waals surface area contributed by atoms with Crippen LogP contribution in [0.15, 0.2) is 18.2 Å². The third-order valence-electron chi connectivity index (χ3n) is 3.42. The van der Waals surface area contributed by atoms with E-state index >= 15 is 0 Å². The first-order valence-corrected chi connectivity index (χ1v) is 7.18. The quantitative estimate of drug-likeness (QED) is 0.932. The number of likely N-dealkylation sites (tertiary alicyclic amines) is 1. The van der Waals surface area contributed by atoms with Crippen molar-refractivity contribution in [3.05, 3.63) is 35.4 Å². The van der Waals surface area contributed by atoms with Gasteiger partial charge in [0, 0.05) is 30.8 Å². The standard InChI is InChI=1S/C15H18F2N2O3/c1-2-22-15(21)18-13-4-3-5-19(9-13)14(20)10-6-11(16)8-12(17)7-10/h6-8,13H,2-5,9H2,1H3,(H,18,21)/t13-/m0/s1. The second-order valence-corrected chi connectivity index (χ2v) is 5.11. The predicted octanol–water partition coefficient (Wildman–Crippen LogP) is 2.32. The minimum absolute atomic E-state index is 0.0331. The predicted molar refractivity (Wildman–Crippen MR) is 75.4 cm³/mol. The summed E-state index contributed by atoms with van der Waals surface area (Å²) in [5, 5.41) is 2.68. The van der Waals surface area contributed by atoms with Gasteiger partial charge >= 0.3 is 6.09 Å². The summed E-state index contributed by atoms with van der Waals surface area (Å²) >= 11 is 0. The highest BCUT2D eigenvalue weighted by Crippen LogP contribution is 2.16. The summed E-state index contributed by atoms with van der Waals surface area (Å²) in [5.74, 6) is -2.03. The van der Waals surface area contributed by atoms with Gasteiger partial charge in [-0.2, -0.15) is 0 Å². The van der Waals surface area contributed by atoms with Crippen LogP contribution in [0.4, 0.5) is 13.6 Å². The molecular formula is C15H18F2N2O3. The number of benzene rings is 1. The van der Waals surface area contributed by atoms with Crippen LogP contribution in [0.3, 0.4) is 0 Å². The first kappa shape index (κ1) is 16.2. The Hall–Kier alpha value is -2.18. The molecule has 1 N–H and O–H groups in total. The fraction of sp³-hybridized carbons (Fsp3) is 0.467. The second-order valence-electron chi connectivity index (χ2n) is 5.11. The number of carbonyl (C=O) groups is 2. The van der Waals surface area contributed by atoms with Gasteiger partial charge in [0.25, 0.3) is 5.91 Å². The Bertz CT molecular complexity index is 545. The number of carbonyl (C=O) groups excluding carboxylic acids is 2. The van der Waals surface area contributed by atoms with Gasteiger partial charge in [-0.1, -0.05) is 0 Å². The molecule has 1 fully saturated rings. The number of hydrogen-bond acceptors (Lipinski definition) is 3. The number of piperidine rings is 1. The fourth-order valence-corrected chi connectivity index (χ4v) is 2.48. The molecule has 2 rings (SSSR count). The van der Waals surface area contributed by atoms with Crippen molar-refractivity contribution < 1.29 is 23.1 Å². The Kier molecular flexibility index (Phi) is 5.30. The van der Waals surface area contributed by atoms with Crippen LogP contribution in [0.5, 0.6) is 0 Å². The van der Waals surface area contributed by atoms with E-state index in [-0.39, 0.29) is 24.8 Å². The van der Waals surface area contributed by atoms with Gasteiger partial charge in [0.15, 0.2) is 0 Å². The Morgan fingerprint density at radius 2 is 2.00 bits per heavy atom. The SMILES string of the molecule is CCOC(=O)N[C@H]1CCCN(C(=O)c2cc(F)cc(F)c2)C1. The molecule has 7 heteroatoms. The number of nitrogens with zero attached hydrogens (tertiary/aromatic N) is 1. The monoisotopic (exact) mass is 312 g/mol. The van der Waals surface area contributed by atoms with Gasteiger partial charge < -0.3 is 15.0 Å². The number of rotatable bonds is 3. The van der Waals surface area contributed by atoms with Crippen LogP contribution >= 0.6 is 0 Å². The van der Waals surface area contributed by atoms with E-state index in [2.05, 4.69) is 5.32 Å². The van der Waals surface area contributed by atoms with Crippen molar-refractivity contribution >= 4 is 12.0 Å². The number of hydrogen-bond donors (Lipinski definition) is 1. The molecule has 1 aliphatic heterocycles. The van der Waals surface area contributed by atoms with Crippen molar-refractivity contribution in [2.24, 2.45) is 0 Å². The summed E-state index contributed by atoms with van der Waals surface area (Å²) in [6.07, 6.45) is 0.888. The topological polar surface area (TPSA) is 58.6 Å². The molecule has 1 aliphatic rings. The zero-order valence-corrected chi connectivity index (χ0v) is 12.3. The highest BCUT2D eigenvalue weighted by Gasteiger charge is 2.26. The van der Waals surface area contributed by atoms with E-state index < -0.39 is 23.6 Å². The van der Waals surface area contributed by atoms with Crippen molar-refractivity contribution in [2.45, 2.75) is 25.8 Å². The lowest BCUT2D eigenvalue weighted by atomic mass is 10.0. The van der Waals surface area contributed by atoms with E-state index in [0.717, 1.165) is 24.6 Å². The summed E-state index contributed by atoms with van der Waals surface area (Å²) < 4.78 is 31.2. The van der Waals surface area contributed by atoms with Crippen LogP contribution in [0.1, 0.15) is 30.1 Å². The Morgan fingerprint density at radius 1 is 1.32 bits per heavy atom.